The number of hydrogen-bond acceptors (Lipinski definition) is 4. The molecule has 0 radical (unpaired) electrons. The fourth-order valence-electron chi connectivity index (χ4n) is 1.62. The molecule has 0 bridgehead atoms. The van der Waals surface area contributed by atoms with Crippen LogP contribution in [0.3, 0.4) is 0 Å². The van der Waals surface area contributed by atoms with E-state index < -0.39 is 0 Å². The van der Waals surface area contributed by atoms with Crippen molar-refractivity contribution in [2.45, 2.75) is 0 Å². The number of hydrogen-bond donors (Lipinski definition) is 1. The van der Waals surface area contributed by atoms with Crippen LogP contribution in [0.25, 0.3) is 0 Å². The van der Waals surface area contributed by atoms with Gasteiger partial charge in [-0.3, -0.25) is 0 Å². The molecule has 0 saturated carbocycles. The van der Waals surface area contributed by atoms with Gasteiger partial charge in [-0.25, -0.2) is 4.39 Å². The van der Waals surface area contributed by atoms with Crippen LogP contribution >= 0.6 is 15.9 Å². The molecule has 0 amide bonds. The lowest BCUT2D eigenvalue weighted by Crippen LogP contribution is -2.09. The van der Waals surface area contributed by atoms with Crippen molar-refractivity contribution in [1.82, 2.24) is 0 Å². The van der Waals surface area contributed by atoms with Crippen LogP contribution in [0.5, 0.6) is 11.5 Å². The predicted molar refractivity (Wildman–Crippen MR) is 80.9 cm³/mol. The molecule has 0 atom stereocenters. The smallest absolute Gasteiger partial charge is 0.133 e. The van der Waals surface area contributed by atoms with E-state index in [0.717, 1.165) is 10.0 Å². The predicted octanol–water partition coefficient (Wildman–Crippen LogP) is 3.85. The van der Waals surface area contributed by atoms with Gasteiger partial charge in [-0.1, -0.05) is 5.16 Å². The standard InChI is InChI=1S/C15H13BrFNO3/c16-14-9-11(10-18-19)1-6-15(14)21-8-7-20-13-4-2-12(17)3-5-13/h1-6,9-10,19H,7-8H2. The fourth-order valence-corrected chi connectivity index (χ4v) is 2.13. The Labute approximate surface area is 129 Å². The van der Waals surface area contributed by atoms with Crippen LogP contribution in [0.1, 0.15) is 5.56 Å². The summed E-state index contributed by atoms with van der Waals surface area (Å²) in [6.45, 7) is 0.696. The van der Waals surface area contributed by atoms with E-state index in [1.165, 1.54) is 18.3 Å². The maximum atomic E-state index is 12.7. The maximum absolute atomic E-state index is 12.7. The zero-order chi connectivity index (χ0) is 15.1. The van der Waals surface area contributed by atoms with Gasteiger partial charge in [0.25, 0.3) is 0 Å². The Bertz CT molecular complexity index is 617. The molecule has 0 aliphatic carbocycles. The average molecular weight is 354 g/mol. The molecule has 2 aromatic rings. The molecule has 0 aliphatic heterocycles. The summed E-state index contributed by atoms with van der Waals surface area (Å²) in [5, 5.41) is 11.4. The molecule has 6 heteroatoms. The van der Waals surface area contributed by atoms with Crippen molar-refractivity contribution < 1.29 is 19.1 Å². The van der Waals surface area contributed by atoms with E-state index in [1.807, 2.05) is 0 Å². The second kappa shape index (κ2) is 7.64. The molecular formula is C15H13BrFNO3. The van der Waals surface area contributed by atoms with Gasteiger partial charge in [0.2, 0.25) is 0 Å². The highest BCUT2D eigenvalue weighted by atomic mass is 79.9. The minimum Gasteiger partial charge on any atom is -0.490 e. The summed E-state index contributed by atoms with van der Waals surface area (Å²) in [5.74, 6) is 0.954. The zero-order valence-electron chi connectivity index (χ0n) is 11.0. The first-order chi connectivity index (χ1) is 10.2. The molecule has 110 valence electrons. The van der Waals surface area contributed by atoms with Gasteiger partial charge in [-0.2, -0.15) is 0 Å². The van der Waals surface area contributed by atoms with Crippen molar-refractivity contribution in [2.24, 2.45) is 5.16 Å². The van der Waals surface area contributed by atoms with Crippen LogP contribution in [0, 0.1) is 5.82 Å². The third kappa shape index (κ3) is 4.75. The van der Waals surface area contributed by atoms with Gasteiger partial charge in [0.05, 0.1) is 10.7 Å². The zero-order valence-corrected chi connectivity index (χ0v) is 12.6. The third-order valence-corrected chi connectivity index (χ3v) is 3.21. The van der Waals surface area contributed by atoms with Crippen LogP contribution in [0.4, 0.5) is 4.39 Å². The molecular weight excluding hydrogens is 341 g/mol. The Kier molecular flexibility index (Phi) is 5.57. The molecule has 0 aromatic heterocycles. The lowest BCUT2D eigenvalue weighted by molar-refractivity contribution is 0.216. The highest BCUT2D eigenvalue weighted by Gasteiger charge is 2.02. The number of benzene rings is 2. The average Bonchev–Trinajstić information content (AvgIpc) is 2.47. The number of oxime groups is 1. The number of nitrogens with zero attached hydrogens (tertiary/aromatic N) is 1. The number of rotatable bonds is 6. The first-order valence-electron chi connectivity index (χ1n) is 6.17. The minimum absolute atomic E-state index is 0.297. The quantitative estimate of drug-likeness (QED) is 0.371. The molecule has 1 N–H and O–H groups in total. The highest BCUT2D eigenvalue weighted by Crippen LogP contribution is 2.25. The van der Waals surface area contributed by atoms with Crippen molar-refractivity contribution >= 4 is 22.1 Å². The maximum Gasteiger partial charge on any atom is 0.133 e. The molecule has 21 heavy (non-hydrogen) atoms. The van der Waals surface area contributed by atoms with Gasteiger partial charge >= 0.3 is 0 Å². The Morgan fingerprint density at radius 2 is 1.81 bits per heavy atom. The van der Waals surface area contributed by atoms with Crippen LogP contribution in [-0.4, -0.2) is 24.6 Å². The largest absolute Gasteiger partial charge is 0.490 e. The van der Waals surface area contributed by atoms with Crippen LogP contribution in [0.15, 0.2) is 52.1 Å². The van der Waals surface area contributed by atoms with E-state index in [9.17, 15) is 4.39 Å². The van der Waals surface area contributed by atoms with Gasteiger partial charge < -0.3 is 14.7 Å². The Balaban J connectivity index is 1.82. The van der Waals surface area contributed by atoms with Gasteiger partial charge in [-0.05, 0) is 64.0 Å². The SMILES string of the molecule is ON=Cc1ccc(OCCOc2ccc(F)cc2)c(Br)c1. The topological polar surface area (TPSA) is 51.1 Å². The molecule has 0 unspecified atom stereocenters. The molecule has 0 aliphatic rings. The highest BCUT2D eigenvalue weighted by molar-refractivity contribution is 9.10. The van der Waals surface area contributed by atoms with Gasteiger partial charge in [0.1, 0.15) is 30.5 Å². The fraction of sp³-hybridized carbons (Fsp3) is 0.133. The van der Waals surface area contributed by atoms with E-state index in [-0.39, 0.29) is 5.82 Å². The summed E-state index contributed by atoms with van der Waals surface area (Å²) in [5.41, 5.74) is 0.749. The van der Waals surface area contributed by atoms with Crippen molar-refractivity contribution in [2.75, 3.05) is 13.2 Å². The van der Waals surface area contributed by atoms with Crippen molar-refractivity contribution in [3.05, 3.63) is 58.3 Å². The van der Waals surface area contributed by atoms with Gasteiger partial charge in [-0.15, -0.1) is 0 Å². The Morgan fingerprint density at radius 1 is 1.10 bits per heavy atom. The summed E-state index contributed by atoms with van der Waals surface area (Å²) in [7, 11) is 0. The first-order valence-corrected chi connectivity index (χ1v) is 6.96. The third-order valence-electron chi connectivity index (χ3n) is 2.59. The molecule has 2 rings (SSSR count). The summed E-state index contributed by atoms with van der Waals surface area (Å²) in [6, 6.07) is 11.1. The molecule has 2 aromatic carbocycles. The lowest BCUT2D eigenvalue weighted by atomic mass is 10.2. The Morgan fingerprint density at radius 3 is 2.48 bits per heavy atom. The Hall–Kier alpha value is -2.08. The van der Waals surface area contributed by atoms with Gasteiger partial charge in [0, 0.05) is 0 Å². The minimum atomic E-state index is -0.297. The number of halogens is 2. The molecule has 0 spiro atoms. The molecule has 0 saturated heterocycles. The van der Waals surface area contributed by atoms with E-state index >= 15 is 0 Å². The summed E-state index contributed by atoms with van der Waals surface area (Å²) in [4.78, 5) is 0. The van der Waals surface area contributed by atoms with Crippen LogP contribution in [-0.2, 0) is 0 Å². The second-order valence-corrected chi connectivity index (χ2v) is 4.94. The van der Waals surface area contributed by atoms with Crippen molar-refractivity contribution in [1.29, 1.82) is 0 Å². The van der Waals surface area contributed by atoms with E-state index in [0.29, 0.717) is 24.7 Å². The monoisotopic (exact) mass is 353 g/mol. The van der Waals surface area contributed by atoms with E-state index in [1.54, 1.807) is 30.3 Å². The molecule has 0 heterocycles. The summed E-state index contributed by atoms with van der Waals surface area (Å²) in [6.07, 6.45) is 1.33. The van der Waals surface area contributed by atoms with Gasteiger partial charge in [0.15, 0.2) is 0 Å². The number of ether oxygens (including phenoxy) is 2. The van der Waals surface area contributed by atoms with E-state index in [4.69, 9.17) is 14.7 Å². The first kappa shape index (κ1) is 15.3. The normalized spacial score (nSPS) is 10.8. The van der Waals surface area contributed by atoms with Crippen LogP contribution in [0.2, 0.25) is 0 Å². The van der Waals surface area contributed by atoms with Crippen molar-refractivity contribution in [3.8, 4) is 11.5 Å². The molecule has 4 nitrogen and oxygen atoms in total. The van der Waals surface area contributed by atoms with E-state index in [2.05, 4.69) is 21.1 Å². The summed E-state index contributed by atoms with van der Waals surface area (Å²) >= 11 is 3.37. The second-order valence-electron chi connectivity index (χ2n) is 4.09. The van der Waals surface area contributed by atoms with Crippen molar-refractivity contribution in [3.63, 3.8) is 0 Å². The lowest BCUT2D eigenvalue weighted by Gasteiger charge is -2.10. The summed E-state index contributed by atoms with van der Waals surface area (Å²) < 4.78 is 24.5. The van der Waals surface area contributed by atoms with Crippen LogP contribution < -0.4 is 9.47 Å². The molecule has 0 fully saturated rings.